The summed E-state index contributed by atoms with van der Waals surface area (Å²) in [6, 6.07) is 21.6. The van der Waals surface area contributed by atoms with Crippen LogP contribution in [0.15, 0.2) is 60.4 Å². The van der Waals surface area contributed by atoms with E-state index in [9.17, 15) is 9.90 Å². The minimum atomic E-state index is 0. The van der Waals surface area contributed by atoms with Gasteiger partial charge in [0.2, 0.25) is 0 Å². The van der Waals surface area contributed by atoms with Gasteiger partial charge in [-0.2, -0.15) is 0 Å². The number of carbonyl (C=O) groups excluding carboxylic acids is 1. The number of aliphatic hydroxyl groups is 1. The molecule has 2 heterocycles. The predicted molar refractivity (Wildman–Crippen MR) is 214 cm³/mol. The Hall–Kier alpha value is -2.85. The summed E-state index contributed by atoms with van der Waals surface area (Å²) in [7, 11) is 0. The van der Waals surface area contributed by atoms with Crippen molar-refractivity contribution in [3.8, 4) is 11.3 Å². The average Bonchev–Trinajstić information content (AvgIpc) is 3.42. The third-order valence-corrected chi connectivity index (χ3v) is 10.7. The van der Waals surface area contributed by atoms with Gasteiger partial charge < -0.3 is 5.11 Å². The Morgan fingerprint density at radius 2 is 1.50 bits per heavy atom. The molecule has 5 heteroatoms. The Morgan fingerprint density at radius 3 is 2.08 bits per heavy atom. The molecule has 0 spiro atoms. The number of hydrogen-bond donors (Lipinski definition) is 1. The van der Waals surface area contributed by atoms with Gasteiger partial charge in [0.1, 0.15) is 0 Å². The quantitative estimate of drug-likeness (QED) is 0.0912. The molecule has 5 aromatic rings. The molecule has 0 unspecified atom stereocenters. The van der Waals surface area contributed by atoms with Gasteiger partial charge in [-0.25, -0.2) is 0 Å². The number of hydrogen-bond acceptors (Lipinski definition) is 4. The van der Waals surface area contributed by atoms with Gasteiger partial charge in [-0.05, 0) is 85.4 Å². The van der Waals surface area contributed by atoms with Crippen LogP contribution in [0.2, 0.25) is 0 Å². The number of aromatic nitrogens is 1. The van der Waals surface area contributed by atoms with Crippen molar-refractivity contribution in [1.29, 1.82) is 0 Å². The van der Waals surface area contributed by atoms with Crippen molar-refractivity contribution in [2.45, 2.75) is 121 Å². The summed E-state index contributed by atoms with van der Waals surface area (Å²) in [4.78, 5) is 18.5. The van der Waals surface area contributed by atoms with Gasteiger partial charge in [0.05, 0.1) is 11.3 Å². The largest absolute Gasteiger partial charge is 0.512 e. The number of benzene rings is 3. The molecule has 5 rings (SSSR count). The number of pyridine rings is 1. The zero-order valence-electron chi connectivity index (χ0n) is 32.4. The molecule has 1 N–H and O–H groups in total. The number of allylic oxidation sites excluding steroid dienone is 2. The van der Waals surface area contributed by atoms with Gasteiger partial charge >= 0.3 is 0 Å². The van der Waals surface area contributed by atoms with E-state index in [1.165, 1.54) is 48.5 Å². The van der Waals surface area contributed by atoms with E-state index in [-0.39, 0.29) is 54.3 Å². The normalized spacial score (nSPS) is 12.5. The number of nitrogens with zero attached hydrogens (tertiary/aromatic N) is 1. The van der Waals surface area contributed by atoms with Gasteiger partial charge in [-0.1, -0.05) is 104 Å². The first kappa shape index (κ1) is 41.6. The van der Waals surface area contributed by atoms with Crippen LogP contribution < -0.4 is 0 Å². The first-order valence-electron chi connectivity index (χ1n) is 18.2. The van der Waals surface area contributed by atoms with Crippen LogP contribution in [0.4, 0.5) is 0 Å². The molecular formula is C45H58IrNO2S-. The maximum absolute atomic E-state index is 11.7. The van der Waals surface area contributed by atoms with Crippen molar-refractivity contribution in [2.24, 2.45) is 17.3 Å². The maximum Gasteiger partial charge on any atom is 0.162 e. The summed E-state index contributed by atoms with van der Waals surface area (Å²) < 4.78 is 1.36. The van der Waals surface area contributed by atoms with Crippen LogP contribution in [0.5, 0.6) is 0 Å². The Labute approximate surface area is 319 Å². The van der Waals surface area contributed by atoms with Crippen molar-refractivity contribution in [3.63, 3.8) is 0 Å². The van der Waals surface area contributed by atoms with Crippen molar-refractivity contribution < 1.29 is 30.0 Å². The van der Waals surface area contributed by atoms with E-state index in [4.69, 9.17) is 4.98 Å². The Morgan fingerprint density at radius 1 is 0.880 bits per heavy atom. The summed E-state index contributed by atoms with van der Waals surface area (Å²) in [6.45, 7) is 26.3. The molecule has 0 amide bonds. The Bertz CT molecular complexity index is 1960. The first-order valence-corrected chi connectivity index (χ1v) is 19.1. The molecule has 0 aliphatic carbocycles. The first-order chi connectivity index (χ1) is 23.0. The molecule has 3 aromatic carbocycles. The van der Waals surface area contributed by atoms with E-state index in [0.29, 0.717) is 0 Å². The molecule has 0 saturated heterocycles. The predicted octanol–water partition coefficient (Wildman–Crippen LogP) is 13.4. The van der Waals surface area contributed by atoms with Crippen LogP contribution >= 0.6 is 11.3 Å². The standard InChI is InChI=1S/C32H34NS.C13H24O2.Ir/c1-19-13-20(2)28-27(14-19)33-29(25-17-23(34-30(25)28)18-31(3,4)5)22-15-21-11-9-10-12-24(21)26(16-22)32(6,7)8;1-5-10(6-2)12(14)9-13(15)11(7-3)8-4;/h9-14,16-17H,18H2,1-8H3;9-11,14H,5-8H2,1-4H3;/q-1;;/b;12-9-;. The molecule has 0 aliphatic rings. The number of rotatable bonds is 9. The third-order valence-electron chi connectivity index (χ3n) is 9.58. The van der Waals surface area contributed by atoms with Gasteiger partial charge in [-0.15, -0.1) is 40.5 Å². The summed E-state index contributed by atoms with van der Waals surface area (Å²) >= 11 is 1.94. The summed E-state index contributed by atoms with van der Waals surface area (Å²) in [5.41, 5.74) is 7.41. The monoisotopic (exact) mass is 869 g/mol. The smallest absolute Gasteiger partial charge is 0.162 e. The molecular weight excluding hydrogens is 811 g/mol. The van der Waals surface area contributed by atoms with Gasteiger partial charge in [0.15, 0.2) is 5.78 Å². The minimum Gasteiger partial charge on any atom is -0.512 e. The molecule has 0 atom stereocenters. The van der Waals surface area contributed by atoms with Gasteiger partial charge in [0, 0.05) is 58.7 Å². The fraction of sp³-hybridized carbons (Fsp3) is 0.467. The number of thiophene rings is 1. The zero-order chi connectivity index (χ0) is 36.3. The van der Waals surface area contributed by atoms with Crippen molar-refractivity contribution in [2.75, 3.05) is 0 Å². The Kier molecular flexibility index (Phi) is 14.2. The van der Waals surface area contributed by atoms with Crippen LogP contribution in [-0.2, 0) is 36.7 Å². The van der Waals surface area contributed by atoms with Crippen LogP contribution in [0.1, 0.15) is 116 Å². The van der Waals surface area contributed by atoms with E-state index < -0.39 is 0 Å². The van der Waals surface area contributed by atoms with E-state index in [1.54, 1.807) is 0 Å². The summed E-state index contributed by atoms with van der Waals surface area (Å²) in [5, 5.41) is 14.8. The zero-order valence-corrected chi connectivity index (χ0v) is 35.6. The molecule has 0 bridgehead atoms. The maximum atomic E-state index is 11.7. The van der Waals surface area contributed by atoms with Crippen molar-refractivity contribution >= 4 is 48.9 Å². The second-order valence-electron chi connectivity index (χ2n) is 16.0. The van der Waals surface area contributed by atoms with E-state index in [0.717, 1.165) is 54.3 Å². The topological polar surface area (TPSA) is 50.2 Å². The van der Waals surface area contributed by atoms with Crippen LogP contribution in [0.3, 0.4) is 0 Å². The molecule has 0 aliphatic heterocycles. The van der Waals surface area contributed by atoms with E-state index in [1.807, 2.05) is 39.0 Å². The van der Waals surface area contributed by atoms with E-state index >= 15 is 0 Å². The number of aliphatic hydroxyl groups excluding tert-OH is 1. The fourth-order valence-electron chi connectivity index (χ4n) is 6.89. The molecule has 0 saturated carbocycles. The average molecular weight is 869 g/mol. The molecule has 50 heavy (non-hydrogen) atoms. The molecule has 2 aromatic heterocycles. The van der Waals surface area contributed by atoms with Crippen molar-refractivity contribution in [1.82, 2.24) is 4.98 Å². The van der Waals surface area contributed by atoms with E-state index in [2.05, 4.69) is 110 Å². The number of aryl methyl sites for hydroxylation is 2. The second kappa shape index (κ2) is 17.1. The molecule has 0 fully saturated rings. The van der Waals surface area contributed by atoms with Crippen LogP contribution in [0, 0.1) is 37.2 Å². The summed E-state index contributed by atoms with van der Waals surface area (Å²) in [6.07, 6.45) is 5.97. The molecule has 271 valence electrons. The fourth-order valence-corrected chi connectivity index (χ4v) is 8.46. The number of fused-ring (bicyclic) bond motifs is 4. The number of ketones is 1. The second-order valence-corrected chi connectivity index (χ2v) is 17.2. The van der Waals surface area contributed by atoms with Gasteiger partial charge in [-0.3, -0.25) is 9.78 Å². The number of carbonyl (C=O) groups is 1. The third kappa shape index (κ3) is 9.72. The molecule has 1 radical (unpaired) electrons. The van der Waals surface area contributed by atoms with Crippen LogP contribution in [0.25, 0.3) is 43.0 Å². The Balaban J connectivity index is 0.000000361. The van der Waals surface area contributed by atoms with Gasteiger partial charge in [0.25, 0.3) is 0 Å². The summed E-state index contributed by atoms with van der Waals surface area (Å²) in [5.74, 6) is 0.547. The van der Waals surface area contributed by atoms with Crippen LogP contribution in [-0.4, -0.2) is 15.9 Å². The molecule has 3 nitrogen and oxygen atoms in total. The SMILES string of the molecule is CCC(CC)C(=O)/C=C(\O)C(CC)CC.Cc1cc(C)c2c(c1)nc(-c1[c-]c3ccccc3c(C(C)(C)C)c1)c1cc(CC(C)(C)C)sc12.[Ir]. The minimum absolute atomic E-state index is 0. The van der Waals surface area contributed by atoms with Crippen molar-refractivity contribution in [3.05, 3.63) is 88.0 Å².